The van der Waals surface area contributed by atoms with Crippen LogP contribution in [0.4, 0.5) is 0 Å². The SMILES string of the molecule is c1ccc(-c2ccc3sc4nccnc4c3n2)nc1. The Bertz CT molecular complexity index is 870. The van der Waals surface area contributed by atoms with Crippen LogP contribution in [-0.4, -0.2) is 19.9 Å². The minimum Gasteiger partial charge on any atom is -0.255 e. The van der Waals surface area contributed by atoms with Gasteiger partial charge in [-0.15, -0.1) is 11.3 Å². The molecule has 0 spiro atoms. The summed E-state index contributed by atoms with van der Waals surface area (Å²) in [5.41, 5.74) is 3.49. The molecule has 0 aliphatic rings. The van der Waals surface area contributed by atoms with Gasteiger partial charge in [0.1, 0.15) is 15.9 Å². The van der Waals surface area contributed by atoms with Crippen molar-refractivity contribution in [1.82, 2.24) is 19.9 Å². The van der Waals surface area contributed by atoms with E-state index in [1.165, 1.54) is 0 Å². The fraction of sp³-hybridized carbons (Fsp3) is 0. The predicted molar refractivity (Wildman–Crippen MR) is 75.9 cm³/mol. The van der Waals surface area contributed by atoms with E-state index in [1.807, 2.05) is 24.3 Å². The predicted octanol–water partition coefficient (Wildman–Crippen LogP) is 3.30. The maximum Gasteiger partial charge on any atom is 0.144 e. The molecule has 0 aromatic carbocycles. The molecule has 4 aromatic rings. The van der Waals surface area contributed by atoms with Crippen molar-refractivity contribution < 1.29 is 0 Å². The monoisotopic (exact) mass is 264 g/mol. The van der Waals surface area contributed by atoms with Gasteiger partial charge in [0.25, 0.3) is 0 Å². The number of nitrogens with zero attached hydrogens (tertiary/aromatic N) is 4. The lowest BCUT2D eigenvalue weighted by atomic mass is 10.2. The second-order valence-corrected chi connectivity index (χ2v) is 5.10. The Balaban J connectivity index is 2.03. The van der Waals surface area contributed by atoms with E-state index in [9.17, 15) is 0 Å². The molecule has 0 bridgehead atoms. The zero-order chi connectivity index (χ0) is 12.7. The molecule has 0 unspecified atom stereocenters. The fourth-order valence-electron chi connectivity index (χ4n) is 2.02. The smallest absolute Gasteiger partial charge is 0.144 e. The molecule has 4 aromatic heterocycles. The number of thiophene rings is 1. The Kier molecular flexibility index (Phi) is 2.25. The zero-order valence-corrected chi connectivity index (χ0v) is 10.6. The first-order valence-electron chi connectivity index (χ1n) is 5.83. The number of fused-ring (bicyclic) bond motifs is 3. The molecule has 19 heavy (non-hydrogen) atoms. The highest BCUT2D eigenvalue weighted by atomic mass is 32.1. The van der Waals surface area contributed by atoms with Crippen molar-refractivity contribution in [3.8, 4) is 11.4 Å². The Hall–Kier alpha value is -2.40. The van der Waals surface area contributed by atoms with Gasteiger partial charge in [-0.2, -0.15) is 0 Å². The van der Waals surface area contributed by atoms with Gasteiger partial charge in [-0.3, -0.25) is 4.98 Å². The minimum absolute atomic E-state index is 0.860. The minimum atomic E-state index is 0.860. The van der Waals surface area contributed by atoms with E-state index >= 15 is 0 Å². The largest absolute Gasteiger partial charge is 0.255 e. The molecular formula is C14H8N4S. The number of rotatable bonds is 1. The first kappa shape index (κ1) is 10.5. The van der Waals surface area contributed by atoms with E-state index in [0.29, 0.717) is 0 Å². The van der Waals surface area contributed by atoms with E-state index in [1.54, 1.807) is 29.9 Å². The number of hydrogen-bond donors (Lipinski definition) is 0. The van der Waals surface area contributed by atoms with Crippen LogP contribution in [0.15, 0.2) is 48.9 Å². The summed E-state index contributed by atoms with van der Waals surface area (Å²) in [6.45, 7) is 0. The zero-order valence-electron chi connectivity index (χ0n) is 9.82. The molecule has 0 saturated heterocycles. The molecule has 0 atom stereocenters. The Morgan fingerprint density at radius 2 is 1.68 bits per heavy atom. The van der Waals surface area contributed by atoms with Gasteiger partial charge in [0.2, 0.25) is 0 Å². The molecule has 0 N–H and O–H groups in total. The fourth-order valence-corrected chi connectivity index (χ4v) is 2.96. The van der Waals surface area contributed by atoms with Crippen LogP contribution in [0.3, 0.4) is 0 Å². The molecule has 4 heterocycles. The van der Waals surface area contributed by atoms with Gasteiger partial charge in [0.05, 0.1) is 16.1 Å². The van der Waals surface area contributed by atoms with Gasteiger partial charge in [0, 0.05) is 18.6 Å². The topological polar surface area (TPSA) is 51.6 Å². The summed E-state index contributed by atoms with van der Waals surface area (Å²) in [6, 6.07) is 9.85. The summed E-state index contributed by atoms with van der Waals surface area (Å²) in [7, 11) is 0. The third-order valence-electron chi connectivity index (χ3n) is 2.88. The highest BCUT2D eigenvalue weighted by Crippen LogP contribution is 2.30. The third kappa shape index (κ3) is 1.67. The summed E-state index contributed by atoms with van der Waals surface area (Å²) in [4.78, 5) is 18.6. The second kappa shape index (κ2) is 4.07. The molecule has 0 amide bonds. The van der Waals surface area contributed by atoms with E-state index in [2.05, 4.69) is 26.0 Å². The van der Waals surface area contributed by atoms with Crippen molar-refractivity contribution in [1.29, 1.82) is 0 Å². The van der Waals surface area contributed by atoms with Crippen molar-refractivity contribution in [3.63, 3.8) is 0 Å². The summed E-state index contributed by atoms with van der Waals surface area (Å²) in [6.07, 6.45) is 5.17. The quantitative estimate of drug-likeness (QED) is 0.529. The summed E-state index contributed by atoms with van der Waals surface area (Å²) in [5.74, 6) is 0. The van der Waals surface area contributed by atoms with Crippen LogP contribution in [-0.2, 0) is 0 Å². The van der Waals surface area contributed by atoms with Crippen LogP contribution >= 0.6 is 11.3 Å². The van der Waals surface area contributed by atoms with Crippen LogP contribution < -0.4 is 0 Å². The average Bonchev–Trinajstić information content (AvgIpc) is 2.86. The third-order valence-corrected chi connectivity index (χ3v) is 3.92. The van der Waals surface area contributed by atoms with Crippen molar-refractivity contribution in [2.24, 2.45) is 0 Å². The van der Waals surface area contributed by atoms with Crippen LogP contribution in [0, 0.1) is 0 Å². The van der Waals surface area contributed by atoms with E-state index in [4.69, 9.17) is 0 Å². The van der Waals surface area contributed by atoms with E-state index in [0.717, 1.165) is 32.0 Å². The lowest BCUT2D eigenvalue weighted by Gasteiger charge is -1.99. The van der Waals surface area contributed by atoms with Gasteiger partial charge in [-0.05, 0) is 24.3 Å². The first-order valence-corrected chi connectivity index (χ1v) is 6.65. The molecular weight excluding hydrogens is 256 g/mol. The standard InChI is InChI=1S/C14H8N4S/c1-2-6-15-9(3-1)10-4-5-11-12(18-10)13-14(19-11)17-8-7-16-13/h1-8H. The molecule has 0 radical (unpaired) electrons. The van der Waals surface area contributed by atoms with Crippen LogP contribution in [0.5, 0.6) is 0 Å². The molecule has 4 rings (SSSR count). The Labute approximate surface area is 112 Å². The van der Waals surface area contributed by atoms with Gasteiger partial charge < -0.3 is 0 Å². The molecule has 90 valence electrons. The second-order valence-electron chi connectivity index (χ2n) is 4.07. The average molecular weight is 264 g/mol. The number of hydrogen-bond acceptors (Lipinski definition) is 5. The molecule has 0 fully saturated rings. The molecule has 0 saturated carbocycles. The number of aromatic nitrogens is 4. The summed E-state index contributed by atoms with van der Waals surface area (Å²) in [5, 5.41) is 0. The van der Waals surface area contributed by atoms with Crippen LogP contribution in [0.25, 0.3) is 32.0 Å². The summed E-state index contributed by atoms with van der Waals surface area (Å²) >= 11 is 1.61. The van der Waals surface area contributed by atoms with Crippen molar-refractivity contribution in [2.75, 3.05) is 0 Å². The van der Waals surface area contributed by atoms with E-state index < -0.39 is 0 Å². The lowest BCUT2D eigenvalue weighted by molar-refractivity contribution is 1.27. The van der Waals surface area contributed by atoms with Gasteiger partial charge in [-0.25, -0.2) is 15.0 Å². The van der Waals surface area contributed by atoms with Crippen LogP contribution in [0.2, 0.25) is 0 Å². The Morgan fingerprint density at radius 3 is 2.58 bits per heavy atom. The Morgan fingerprint density at radius 1 is 0.737 bits per heavy atom. The number of pyridine rings is 2. The lowest BCUT2D eigenvalue weighted by Crippen LogP contribution is -1.86. The van der Waals surface area contributed by atoms with Gasteiger partial charge in [-0.1, -0.05) is 6.07 Å². The maximum atomic E-state index is 4.68. The van der Waals surface area contributed by atoms with Crippen molar-refractivity contribution in [2.45, 2.75) is 0 Å². The van der Waals surface area contributed by atoms with Crippen molar-refractivity contribution in [3.05, 3.63) is 48.9 Å². The molecule has 0 aliphatic carbocycles. The highest BCUT2D eigenvalue weighted by Gasteiger charge is 2.10. The normalized spacial score (nSPS) is 11.2. The molecule has 0 aliphatic heterocycles. The molecule has 5 heteroatoms. The summed E-state index contributed by atoms with van der Waals surface area (Å²) < 4.78 is 1.10. The maximum absolute atomic E-state index is 4.68. The van der Waals surface area contributed by atoms with Gasteiger partial charge in [0.15, 0.2) is 0 Å². The van der Waals surface area contributed by atoms with Gasteiger partial charge >= 0.3 is 0 Å². The van der Waals surface area contributed by atoms with E-state index in [-0.39, 0.29) is 0 Å². The first-order chi connectivity index (χ1) is 9.42. The molecule has 4 nitrogen and oxygen atoms in total. The highest BCUT2D eigenvalue weighted by molar-refractivity contribution is 7.25. The van der Waals surface area contributed by atoms with Crippen molar-refractivity contribution >= 4 is 31.9 Å². The van der Waals surface area contributed by atoms with Crippen LogP contribution in [0.1, 0.15) is 0 Å².